The maximum Gasteiger partial charge on any atom is 0.148 e. The standard InChI is InChI=1S/C20H14N2O/c1-2-13-23-18-12-11-14-7-3-4-8-15(14)19(18)20-21-16-9-5-6-10-17(16)22-20/h1,3-12H,13H2,(H,21,22). The first-order chi connectivity index (χ1) is 11.4. The van der Waals surface area contributed by atoms with Crippen molar-refractivity contribution in [2.24, 2.45) is 0 Å². The van der Waals surface area contributed by atoms with Crippen LogP contribution in [0.2, 0.25) is 0 Å². The number of fused-ring (bicyclic) bond motifs is 2. The number of terminal acetylenes is 1. The summed E-state index contributed by atoms with van der Waals surface area (Å²) >= 11 is 0. The fraction of sp³-hybridized carbons (Fsp3) is 0.0500. The van der Waals surface area contributed by atoms with Crippen molar-refractivity contribution in [1.82, 2.24) is 9.97 Å². The molecule has 0 aliphatic heterocycles. The van der Waals surface area contributed by atoms with Crippen LogP contribution in [0.15, 0.2) is 60.7 Å². The van der Waals surface area contributed by atoms with Gasteiger partial charge in [0.1, 0.15) is 18.2 Å². The topological polar surface area (TPSA) is 37.9 Å². The number of aromatic amines is 1. The highest BCUT2D eigenvalue weighted by atomic mass is 16.5. The van der Waals surface area contributed by atoms with Crippen molar-refractivity contribution in [2.45, 2.75) is 0 Å². The summed E-state index contributed by atoms with van der Waals surface area (Å²) in [6, 6.07) is 20.1. The number of hydrogen-bond acceptors (Lipinski definition) is 2. The molecule has 3 nitrogen and oxygen atoms in total. The van der Waals surface area contributed by atoms with E-state index in [1.165, 1.54) is 0 Å². The summed E-state index contributed by atoms with van der Waals surface area (Å²) in [6.07, 6.45) is 5.34. The van der Waals surface area contributed by atoms with Crippen LogP contribution in [-0.2, 0) is 0 Å². The van der Waals surface area contributed by atoms with Crippen molar-refractivity contribution in [3.63, 3.8) is 0 Å². The molecule has 0 unspecified atom stereocenters. The quantitative estimate of drug-likeness (QED) is 0.569. The minimum Gasteiger partial charge on any atom is -0.480 e. The fourth-order valence-electron chi connectivity index (χ4n) is 2.81. The first kappa shape index (κ1) is 13.4. The number of benzene rings is 3. The Morgan fingerprint density at radius 3 is 2.70 bits per heavy atom. The van der Waals surface area contributed by atoms with Gasteiger partial charge >= 0.3 is 0 Å². The van der Waals surface area contributed by atoms with E-state index in [1.54, 1.807) is 0 Å². The van der Waals surface area contributed by atoms with Crippen LogP contribution in [0.4, 0.5) is 0 Å². The fourth-order valence-corrected chi connectivity index (χ4v) is 2.81. The van der Waals surface area contributed by atoms with E-state index < -0.39 is 0 Å². The molecule has 3 aromatic carbocycles. The van der Waals surface area contributed by atoms with Crippen molar-refractivity contribution in [1.29, 1.82) is 0 Å². The Balaban J connectivity index is 2.00. The van der Waals surface area contributed by atoms with Gasteiger partial charge in [-0.3, -0.25) is 0 Å². The average Bonchev–Trinajstić information content (AvgIpc) is 3.03. The molecule has 23 heavy (non-hydrogen) atoms. The molecule has 0 saturated heterocycles. The molecule has 4 rings (SSSR count). The Labute approximate surface area is 133 Å². The van der Waals surface area contributed by atoms with Crippen molar-refractivity contribution in [2.75, 3.05) is 6.61 Å². The van der Waals surface area contributed by atoms with Crippen LogP contribution in [0.25, 0.3) is 33.2 Å². The molecule has 0 aliphatic carbocycles. The molecule has 1 heterocycles. The van der Waals surface area contributed by atoms with Crippen LogP contribution in [0.5, 0.6) is 5.75 Å². The highest BCUT2D eigenvalue weighted by Gasteiger charge is 2.14. The molecule has 1 N–H and O–H groups in total. The summed E-state index contributed by atoms with van der Waals surface area (Å²) in [5.41, 5.74) is 2.87. The van der Waals surface area contributed by atoms with Crippen LogP contribution in [0, 0.1) is 12.3 Å². The molecular weight excluding hydrogens is 284 g/mol. The molecule has 3 heteroatoms. The van der Waals surface area contributed by atoms with Crippen LogP contribution < -0.4 is 4.74 Å². The SMILES string of the molecule is C#CCOc1ccc2ccccc2c1-c1nc2ccccc2[nH]1. The molecule has 4 aromatic rings. The highest BCUT2D eigenvalue weighted by molar-refractivity contribution is 5.99. The molecule has 0 saturated carbocycles. The van der Waals surface area contributed by atoms with E-state index in [0.717, 1.165) is 38.9 Å². The van der Waals surface area contributed by atoms with Gasteiger partial charge in [0.05, 0.1) is 16.6 Å². The molecule has 0 spiro atoms. The first-order valence-corrected chi connectivity index (χ1v) is 7.40. The number of H-pyrrole nitrogens is 1. The summed E-state index contributed by atoms with van der Waals surface area (Å²) in [5.74, 6) is 4.04. The lowest BCUT2D eigenvalue weighted by molar-refractivity contribution is 0.372. The zero-order valence-electron chi connectivity index (χ0n) is 12.4. The Kier molecular flexibility index (Phi) is 3.21. The number of rotatable bonds is 3. The average molecular weight is 298 g/mol. The van der Waals surface area contributed by atoms with Crippen LogP contribution in [0.1, 0.15) is 0 Å². The summed E-state index contributed by atoms with van der Waals surface area (Å²) < 4.78 is 5.75. The maximum atomic E-state index is 5.75. The Morgan fingerprint density at radius 1 is 1.00 bits per heavy atom. The van der Waals surface area contributed by atoms with Crippen LogP contribution in [0.3, 0.4) is 0 Å². The first-order valence-electron chi connectivity index (χ1n) is 7.40. The maximum absolute atomic E-state index is 5.75. The summed E-state index contributed by atoms with van der Waals surface area (Å²) in [6.45, 7) is 0.228. The number of para-hydroxylation sites is 2. The molecule has 0 radical (unpaired) electrons. The van der Waals surface area contributed by atoms with Gasteiger partial charge in [0.15, 0.2) is 0 Å². The van der Waals surface area contributed by atoms with E-state index in [4.69, 9.17) is 16.1 Å². The van der Waals surface area contributed by atoms with Crippen LogP contribution in [-0.4, -0.2) is 16.6 Å². The van der Waals surface area contributed by atoms with E-state index >= 15 is 0 Å². The zero-order chi connectivity index (χ0) is 15.6. The van der Waals surface area contributed by atoms with Gasteiger partial charge in [0, 0.05) is 0 Å². The number of nitrogens with zero attached hydrogens (tertiary/aromatic N) is 1. The molecule has 0 bridgehead atoms. The lowest BCUT2D eigenvalue weighted by atomic mass is 10.0. The molecule has 110 valence electrons. The molecule has 0 fully saturated rings. The smallest absolute Gasteiger partial charge is 0.148 e. The van der Waals surface area contributed by atoms with Crippen molar-refractivity contribution in [3.8, 4) is 29.5 Å². The number of aromatic nitrogens is 2. The second-order valence-electron chi connectivity index (χ2n) is 5.26. The highest BCUT2D eigenvalue weighted by Crippen LogP contribution is 2.36. The molecule has 0 aliphatic rings. The Hall–Kier alpha value is -3.25. The van der Waals surface area contributed by atoms with E-state index in [-0.39, 0.29) is 6.61 Å². The predicted octanol–water partition coefficient (Wildman–Crippen LogP) is 4.40. The molecule has 0 amide bonds. The third kappa shape index (κ3) is 2.31. The van der Waals surface area contributed by atoms with Crippen LogP contribution >= 0.6 is 0 Å². The lowest BCUT2D eigenvalue weighted by Crippen LogP contribution is -1.97. The van der Waals surface area contributed by atoms with Crippen molar-refractivity contribution >= 4 is 21.8 Å². The Morgan fingerprint density at radius 2 is 1.83 bits per heavy atom. The van der Waals surface area contributed by atoms with Gasteiger partial charge in [-0.15, -0.1) is 6.42 Å². The lowest BCUT2D eigenvalue weighted by Gasteiger charge is -2.11. The van der Waals surface area contributed by atoms with Gasteiger partial charge in [0.25, 0.3) is 0 Å². The normalized spacial score (nSPS) is 10.7. The largest absolute Gasteiger partial charge is 0.480 e. The predicted molar refractivity (Wildman–Crippen MR) is 93.4 cm³/mol. The van der Waals surface area contributed by atoms with Gasteiger partial charge in [-0.05, 0) is 29.0 Å². The minimum absolute atomic E-state index is 0.228. The zero-order valence-corrected chi connectivity index (χ0v) is 12.4. The number of nitrogens with one attached hydrogen (secondary N) is 1. The van der Waals surface area contributed by atoms with Gasteiger partial charge < -0.3 is 9.72 Å². The molecule has 0 atom stereocenters. The second-order valence-corrected chi connectivity index (χ2v) is 5.26. The summed E-state index contributed by atoms with van der Waals surface area (Å²) in [7, 11) is 0. The number of hydrogen-bond donors (Lipinski definition) is 1. The van der Waals surface area contributed by atoms with E-state index in [2.05, 4.69) is 23.0 Å². The summed E-state index contributed by atoms with van der Waals surface area (Å²) in [4.78, 5) is 8.09. The van der Waals surface area contributed by atoms with Gasteiger partial charge in [-0.1, -0.05) is 48.4 Å². The monoisotopic (exact) mass is 298 g/mol. The Bertz CT molecular complexity index is 1010. The van der Waals surface area contributed by atoms with Gasteiger partial charge in [0.2, 0.25) is 0 Å². The van der Waals surface area contributed by atoms with Crippen molar-refractivity contribution < 1.29 is 4.74 Å². The van der Waals surface area contributed by atoms with Gasteiger partial charge in [-0.25, -0.2) is 4.98 Å². The summed E-state index contributed by atoms with van der Waals surface area (Å²) in [5, 5.41) is 2.22. The van der Waals surface area contributed by atoms with Crippen molar-refractivity contribution in [3.05, 3.63) is 60.7 Å². The number of ether oxygens (including phenoxy) is 1. The molecular formula is C20H14N2O. The minimum atomic E-state index is 0.228. The van der Waals surface area contributed by atoms with Gasteiger partial charge in [-0.2, -0.15) is 0 Å². The molecule has 1 aromatic heterocycles. The third-order valence-electron chi connectivity index (χ3n) is 3.83. The van der Waals surface area contributed by atoms with E-state index in [0.29, 0.717) is 0 Å². The van der Waals surface area contributed by atoms with E-state index in [1.807, 2.05) is 48.5 Å². The third-order valence-corrected chi connectivity index (χ3v) is 3.83. The second kappa shape index (κ2) is 5.51. The van der Waals surface area contributed by atoms with E-state index in [9.17, 15) is 0 Å². The number of imidazole rings is 1.